The average Bonchev–Trinajstić information content (AvgIpc) is 2.48. The van der Waals surface area contributed by atoms with Crippen molar-refractivity contribution in [2.45, 2.75) is 19.8 Å². The Labute approximate surface area is 76.5 Å². The normalized spacial score (nSPS) is 11.3. The van der Waals surface area contributed by atoms with E-state index in [1.807, 2.05) is 18.2 Å². The van der Waals surface area contributed by atoms with Crippen LogP contribution in [0.5, 0.6) is 0 Å². The van der Waals surface area contributed by atoms with Crippen LogP contribution in [0, 0.1) is 0 Å². The Morgan fingerprint density at radius 1 is 1.38 bits per heavy atom. The van der Waals surface area contributed by atoms with Gasteiger partial charge in [0.25, 0.3) is 0 Å². The molecule has 1 aromatic heterocycles. The molecule has 13 heavy (non-hydrogen) atoms. The molecule has 1 heterocycles. The molecule has 0 aliphatic heterocycles. The molecule has 0 amide bonds. The Hall–Kier alpha value is -1.51. The predicted octanol–water partition coefficient (Wildman–Crippen LogP) is 2.53. The zero-order chi connectivity index (χ0) is 9.42. The van der Waals surface area contributed by atoms with Gasteiger partial charge in [0.05, 0.1) is 5.39 Å². The van der Waals surface area contributed by atoms with Gasteiger partial charge in [-0.1, -0.05) is 31.1 Å². The Balaban J connectivity index is 2.77. The molecular weight excluding hydrogens is 164 g/mol. The van der Waals surface area contributed by atoms with Gasteiger partial charge in [-0.2, -0.15) is 0 Å². The lowest BCUT2D eigenvalue weighted by Gasteiger charge is -2.03. The van der Waals surface area contributed by atoms with Crippen LogP contribution in [-0.4, -0.2) is 5.16 Å². The van der Waals surface area contributed by atoms with Gasteiger partial charge in [0, 0.05) is 5.56 Å². The van der Waals surface area contributed by atoms with Crippen LogP contribution >= 0.6 is 0 Å². The lowest BCUT2D eigenvalue weighted by atomic mass is 10.0. The van der Waals surface area contributed by atoms with Crippen molar-refractivity contribution < 1.29 is 4.52 Å². The van der Waals surface area contributed by atoms with Crippen LogP contribution in [0.1, 0.15) is 25.3 Å². The highest BCUT2D eigenvalue weighted by Crippen LogP contribution is 2.28. The number of fused-ring (bicyclic) bond motifs is 1. The molecule has 0 radical (unpaired) electrons. The minimum absolute atomic E-state index is 0.427. The third-order valence-corrected chi connectivity index (χ3v) is 2.18. The van der Waals surface area contributed by atoms with Gasteiger partial charge in [-0.3, -0.25) is 0 Å². The van der Waals surface area contributed by atoms with Gasteiger partial charge in [-0.25, -0.2) is 0 Å². The largest absolute Gasteiger partial charge is 0.380 e. The maximum Gasteiger partial charge on any atom is 0.174 e. The molecule has 0 unspecified atom stereocenters. The van der Waals surface area contributed by atoms with Gasteiger partial charge in [0.2, 0.25) is 0 Å². The first-order valence-electron chi connectivity index (χ1n) is 4.34. The number of rotatable bonds is 1. The maximum absolute atomic E-state index is 5.64. The highest BCUT2D eigenvalue weighted by Gasteiger charge is 2.11. The fraction of sp³-hybridized carbons (Fsp3) is 0.300. The van der Waals surface area contributed by atoms with Crippen molar-refractivity contribution in [2.24, 2.45) is 0 Å². The van der Waals surface area contributed by atoms with E-state index < -0.39 is 0 Å². The van der Waals surface area contributed by atoms with Gasteiger partial charge in [-0.15, -0.1) is 0 Å². The zero-order valence-corrected chi connectivity index (χ0v) is 7.74. The monoisotopic (exact) mass is 176 g/mol. The standard InChI is InChI=1S/C10H12N2O/c1-6(2)7-4-3-5-8-9(7)13-12-10(8)11/h3-6H,1-2H3,(H2,11,12). The summed E-state index contributed by atoms with van der Waals surface area (Å²) in [4.78, 5) is 0. The highest BCUT2D eigenvalue weighted by molar-refractivity contribution is 5.89. The van der Waals surface area contributed by atoms with Gasteiger partial charge in [-0.05, 0) is 12.0 Å². The van der Waals surface area contributed by atoms with E-state index in [9.17, 15) is 0 Å². The van der Waals surface area contributed by atoms with Crippen LogP contribution < -0.4 is 5.73 Å². The second-order valence-electron chi connectivity index (χ2n) is 3.45. The Kier molecular flexibility index (Phi) is 1.72. The van der Waals surface area contributed by atoms with Crippen molar-refractivity contribution in [1.82, 2.24) is 5.16 Å². The Bertz CT molecular complexity index is 431. The number of nitrogens with two attached hydrogens (primary N) is 1. The fourth-order valence-corrected chi connectivity index (χ4v) is 1.46. The first-order valence-corrected chi connectivity index (χ1v) is 4.34. The van der Waals surface area contributed by atoms with Gasteiger partial charge < -0.3 is 10.3 Å². The number of hydrogen-bond donors (Lipinski definition) is 1. The molecule has 0 atom stereocenters. The van der Waals surface area contributed by atoms with E-state index in [-0.39, 0.29) is 0 Å². The van der Waals surface area contributed by atoms with Crippen molar-refractivity contribution >= 4 is 16.8 Å². The summed E-state index contributed by atoms with van der Waals surface area (Å²) in [6.45, 7) is 4.24. The topological polar surface area (TPSA) is 52.0 Å². The minimum atomic E-state index is 0.427. The smallest absolute Gasteiger partial charge is 0.174 e. The van der Waals surface area contributed by atoms with Gasteiger partial charge in [0.15, 0.2) is 11.4 Å². The Morgan fingerprint density at radius 3 is 2.85 bits per heavy atom. The third kappa shape index (κ3) is 1.16. The van der Waals surface area contributed by atoms with Crippen LogP contribution in [0.15, 0.2) is 22.7 Å². The minimum Gasteiger partial charge on any atom is -0.380 e. The Morgan fingerprint density at radius 2 is 2.15 bits per heavy atom. The van der Waals surface area contributed by atoms with E-state index in [4.69, 9.17) is 10.3 Å². The van der Waals surface area contributed by atoms with Crippen LogP contribution in [-0.2, 0) is 0 Å². The molecule has 0 saturated heterocycles. The van der Waals surface area contributed by atoms with Crippen LogP contribution in [0.3, 0.4) is 0 Å². The molecule has 0 spiro atoms. The molecule has 0 aliphatic carbocycles. The first-order chi connectivity index (χ1) is 6.20. The lowest BCUT2D eigenvalue weighted by Crippen LogP contribution is -1.87. The van der Waals surface area contributed by atoms with E-state index in [0.717, 1.165) is 16.5 Å². The number of nitrogen functional groups attached to an aromatic ring is 1. The van der Waals surface area contributed by atoms with Crippen LogP contribution in [0.25, 0.3) is 11.0 Å². The molecule has 0 fully saturated rings. The summed E-state index contributed by atoms with van der Waals surface area (Å²) in [5.41, 5.74) is 7.61. The summed E-state index contributed by atoms with van der Waals surface area (Å²) < 4.78 is 5.17. The van der Waals surface area contributed by atoms with Gasteiger partial charge >= 0.3 is 0 Å². The first kappa shape index (κ1) is 8.10. The second-order valence-corrected chi connectivity index (χ2v) is 3.45. The van der Waals surface area contributed by atoms with E-state index in [0.29, 0.717) is 11.7 Å². The summed E-state index contributed by atoms with van der Waals surface area (Å²) in [7, 11) is 0. The number of nitrogens with zero attached hydrogens (tertiary/aromatic N) is 1. The summed E-state index contributed by atoms with van der Waals surface area (Å²) in [6, 6.07) is 5.94. The molecule has 3 nitrogen and oxygen atoms in total. The van der Waals surface area contributed by atoms with Crippen LogP contribution in [0.4, 0.5) is 5.82 Å². The number of hydrogen-bond acceptors (Lipinski definition) is 3. The van der Waals surface area contributed by atoms with Crippen molar-refractivity contribution in [2.75, 3.05) is 5.73 Å². The summed E-state index contributed by atoms with van der Waals surface area (Å²) in [5.74, 6) is 0.897. The fourth-order valence-electron chi connectivity index (χ4n) is 1.46. The van der Waals surface area contributed by atoms with Crippen molar-refractivity contribution in [3.05, 3.63) is 23.8 Å². The summed E-state index contributed by atoms with van der Waals surface area (Å²) >= 11 is 0. The van der Waals surface area contributed by atoms with E-state index in [1.54, 1.807) is 0 Å². The quantitative estimate of drug-likeness (QED) is 0.726. The van der Waals surface area contributed by atoms with Crippen LogP contribution in [0.2, 0.25) is 0 Å². The van der Waals surface area contributed by atoms with Gasteiger partial charge in [0.1, 0.15) is 0 Å². The summed E-state index contributed by atoms with van der Waals surface area (Å²) in [5, 5.41) is 4.65. The lowest BCUT2D eigenvalue weighted by molar-refractivity contribution is 0.457. The molecule has 2 rings (SSSR count). The second kappa shape index (κ2) is 2.76. The highest BCUT2D eigenvalue weighted by atomic mass is 16.5. The van der Waals surface area contributed by atoms with E-state index >= 15 is 0 Å². The molecule has 3 heteroatoms. The molecule has 68 valence electrons. The van der Waals surface area contributed by atoms with Crippen molar-refractivity contribution in [1.29, 1.82) is 0 Å². The third-order valence-electron chi connectivity index (χ3n) is 2.18. The number of benzene rings is 1. The molecule has 0 aliphatic rings. The number of para-hydroxylation sites is 1. The number of aromatic nitrogens is 1. The van der Waals surface area contributed by atoms with E-state index in [2.05, 4.69) is 19.0 Å². The average molecular weight is 176 g/mol. The molecule has 0 bridgehead atoms. The van der Waals surface area contributed by atoms with E-state index in [1.165, 1.54) is 0 Å². The number of anilines is 1. The maximum atomic E-state index is 5.64. The zero-order valence-electron chi connectivity index (χ0n) is 7.74. The molecule has 0 saturated carbocycles. The van der Waals surface area contributed by atoms with Crippen molar-refractivity contribution in [3.8, 4) is 0 Å². The predicted molar refractivity (Wildman–Crippen MR) is 52.5 cm³/mol. The SMILES string of the molecule is CC(C)c1cccc2c(N)noc12. The molecule has 1 aromatic carbocycles. The summed E-state index contributed by atoms with van der Waals surface area (Å²) in [6.07, 6.45) is 0. The molecule has 2 aromatic rings. The molecular formula is C10H12N2O. The molecule has 2 N–H and O–H groups in total. The van der Waals surface area contributed by atoms with Crippen molar-refractivity contribution in [3.63, 3.8) is 0 Å².